The Labute approximate surface area is 175 Å². The minimum absolute atomic E-state index is 0.0876. The van der Waals surface area contributed by atoms with Gasteiger partial charge in [-0.1, -0.05) is 35.0 Å². The molecule has 0 atom stereocenters. The number of hydrogen-bond donors (Lipinski definition) is 1. The fourth-order valence-corrected chi connectivity index (χ4v) is 2.92. The lowest BCUT2D eigenvalue weighted by atomic mass is 10.1. The third-order valence-corrected chi connectivity index (χ3v) is 4.57. The number of nitrogens with two attached hydrogens (primary N) is 1. The molecule has 0 fully saturated rings. The molecule has 0 radical (unpaired) electrons. The van der Waals surface area contributed by atoms with E-state index in [0.717, 1.165) is 16.8 Å². The van der Waals surface area contributed by atoms with Crippen LogP contribution < -0.4 is 5.73 Å². The fourth-order valence-electron chi connectivity index (χ4n) is 2.92. The van der Waals surface area contributed by atoms with E-state index < -0.39 is 10.9 Å². The van der Waals surface area contributed by atoms with E-state index >= 15 is 0 Å². The van der Waals surface area contributed by atoms with Gasteiger partial charge < -0.3 is 10.6 Å². The average Bonchev–Trinajstić information content (AvgIpc) is 3.22. The van der Waals surface area contributed by atoms with E-state index in [4.69, 9.17) is 10.6 Å². The minimum Gasteiger partial charge on any atom is -0.380 e. The van der Waals surface area contributed by atoms with Gasteiger partial charge in [-0.2, -0.15) is 5.10 Å². The van der Waals surface area contributed by atoms with E-state index in [1.165, 1.54) is 30.5 Å². The summed E-state index contributed by atoms with van der Waals surface area (Å²) in [5, 5.41) is 18.6. The maximum atomic E-state index is 12.5. The Bertz CT molecular complexity index is 1310. The summed E-state index contributed by atoms with van der Waals surface area (Å²) in [7, 11) is 0. The average molecular weight is 416 g/mol. The number of oxime groups is 1. The van der Waals surface area contributed by atoms with Gasteiger partial charge in [0.25, 0.3) is 5.69 Å². The monoisotopic (exact) mass is 416 g/mol. The van der Waals surface area contributed by atoms with Crippen LogP contribution in [0.25, 0.3) is 16.9 Å². The van der Waals surface area contributed by atoms with Crippen molar-refractivity contribution in [1.82, 2.24) is 14.6 Å². The summed E-state index contributed by atoms with van der Waals surface area (Å²) in [5.41, 5.74) is 9.34. The molecular weight excluding hydrogens is 400 g/mol. The van der Waals surface area contributed by atoms with Gasteiger partial charge in [0.2, 0.25) is 0 Å². The Balaban J connectivity index is 1.58. The number of nitrogens with zero attached hydrogens (tertiary/aromatic N) is 5. The molecule has 4 rings (SSSR count). The van der Waals surface area contributed by atoms with Crippen molar-refractivity contribution in [3.8, 4) is 11.3 Å². The molecule has 0 aliphatic heterocycles. The summed E-state index contributed by atoms with van der Waals surface area (Å²) in [5.74, 6) is -0.888. The molecule has 2 N–H and O–H groups in total. The van der Waals surface area contributed by atoms with Crippen LogP contribution in [0.15, 0.2) is 72.1 Å². The van der Waals surface area contributed by atoms with Crippen molar-refractivity contribution in [2.24, 2.45) is 10.9 Å². The van der Waals surface area contributed by atoms with Crippen LogP contribution in [-0.2, 0) is 4.84 Å². The quantitative estimate of drug-likeness (QED) is 0.173. The second-order valence-electron chi connectivity index (χ2n) is 6.65. The molecular formula is C21H16N6O4. The van der Waals surface area contributed by atoms with Crippen molar-refractivity contribution in [2.45, 2.75) is 6.92 Å². The topological polar surface area (TPSA) is 138 Å². The first-order valence-electron chi connectivity index (χ1n) is 9.13. The molecule has 2 aromatic carbocycles. The van der Waals surface area contributed by atoms with Crippen LogP contribution in [0, 0.1) is 17.0 Å². The highest BCUT2D eigenvalue weighted by atomic mass is 16.7. The largest absolute Gasteiger partial charge is 0.380 e. The number of amidine groups is 1. The molecule has 10 heteroatoms. The lowest BCUT2D eigenvalue weighted by Gasteiger charge is -2.05. The lowest BCUT2D eigenvalue weighted by molar-refractivity contribution is -0.384. The molecule has 4 aromatic rings. The van der Waals surface area contributed by atoms with E-state index in [2.05, 4.69) is 15.2 Å². The highest BCUT2D eigenvalue weighted by Gasteiger charge is 2.18. The summed E-state index contributed by atoms with van der Waals surface area (Å²) >= 11 is 0. The molecule has 0 aliphatic rings. The zero-order valence-corrected chi connectivity index (χ0v) is 16.3. The maximum absolute atomic E-state index is 12.5. The summed E-state index contributed by atoms with van der Waals surface area (Å²) in [6, 6.07) is 15.1. The van der Waals surface area contributed by atoms with Crippen LogP contribution in [0.3, 0.4) is 0 Å². The predicted octanol–water partition coefficient (Wildman–Crippen LogP) is 3.09. The van der Waals surface area contributed by atoms with E-state index in [1.54, 1.807) is 16.8 Å². The van der Waals surface area contributed by atoms with Gasteiger partial charge in [0.1, 0.15) is 5.56 Å². The Morgan fingerprint density at radius 1 is 1.13 bits per heavy atom. The molecule has 0 saturated heterocycles. The number of non-ortho nitro benzene ring substituents is 1. The Hall–Kier alpha value is -4.60. The van der Waals surface area contributed by atoms with Crippen molar-refractivity contribution in [3.05, 3.63) is 93.8 Å². The van der Waals surface area contributed by atoms with E-state index in [1.807, 2.05) is 31.2 Å². The lowest BCUT2D eigenvalue weighted by Crippen LogP contribution is -2.15. The normalized spacial score (nSPS) is 11.5. The number of hydrogen-bond acceptors (Lipinski definition) is 7. The molecule has 0 unspecified atom stereocenters. The van der Waals surface area contributed by atoms with Crippen molar-refractivity contribution in [3.63, 3.8) is 0 Å². The molecule has 154 valence electrons. The second kappa shape index (κ2) is 8.03. The number of nitro groups is 1. The van der Waals surface area contributed by atoms with Gasteiger partial charge in [0.05, 0.1) is 16.8 Å². The first kappa shape index (κ1) is 19.7. The molecule has 2 heterocycles. The first-order valence-corrected chi connectivity index (χ1v) is 9.13. The molecule has 0 aliphatic carbocycles. The number of aromatic nitrogens is 3. The third kappa shape index (κ3) is 3.94. The number of aryl methyl sites for hydroxylation is 1. The van der Waals surface area contributed by atoms with Crippen LogP contribution in [0.1, 0.15) is 21.5 Å². The van der Waals surface area contributed by atoms with Gasteiger partial charge in [-0.05, 0) is 25.1 Å². The van der Waals surface area contributed by atoms with Crippen LogP contribution in [0.2, 0.25) is 0 Å². The van der Waals surface area contributed by atoms with E-state index in [0.29, 0.717) is 11.2 Å². The first-order chi connectivity index (χ1) is 14.9. The molecule has 31 heavy (non-hydrogen) atoms. The smallest absolute Gasteiger partial charge is 0.371 e. The number of fused-ring (bicyclic) bond motifs is 1. The van der Waals surface area contributed by atoms with Gasteiger partial charge in [-0.15, -0.1) is 0 Å². The zero-order chi connectivity index (χ0) is 22.0. The van der Waals surface area contributed by atoms with Crippen molar-refractivity contribution in [1.29, 1.82) is 0 Å². The van der Waals surface area contributed by atoms with Gasteiger partial charge >= 0.3 is 5.97 Å². The van der Waals surface area contributed by atoms with Crippen LogP contribution in [-0.4, -0.2) is 31.3 Å². The molecule has 2 aromatic heterocycles. The van der Waals surface area contributed by atoms with Crippen molar-refractivity contribution in [2.75, 3.05) is 0 Å². The zero-order valence-electron chi connectivity index (χ0n) is 16.3. The number of nitro benzene ring substituents is 1. The molecule has 0 saturated carbocycles. The van der Waals surface area contributed by atoms with Gasteiger partial charge in [-0.25, -0.2) is 14.3 Å². The summed E-state index contributed by atoms with van der Waals surface area (Å²) in [4.78, 5) is 31.9. The SMILES string of the molecule is Cc1ccc(-c2ccnc3c(C(=O)O/N=C(\N)c4ccc([N+](=O)[O-])cc4)cnn23)cc1. The van der Waals surface area contributed by atoms with Crippen LogP contribution in [0.5, 0.6) is 0 Å². The van der Waals surface area contributed by atoms with Crippen LogP contribution >= 0.6 is 0 Å². The maximum Gasteiger partial charge on any atom is 0.371 e. The highest BCUT2D eigenvalue weighted by molar-refractivity contribution is 5.99. The van der Waals surface area contributed by atoms with Crippen molar-refractivity contribution >= 4 is 23.1 Å². The standard InChI is InChI=1S/C21H16N6O4/c1-13-2-4-14(5-3-13)18-10-11-23-20-17(12-24-26(18)20)21(28)31-25-19(22)15-6-8-16(9-7-15)27(29)30/h2-12H,1H3,(H2,22,25). The predicted molar refractivity (Wildman–Crippen MR) is 112 cm³/mol. The Morgan fingerprint density at radius 3 is 2.52 bits per heavy atom. The minimum atomic E-state index is -0.784. The number of carbonyl (C=O) groups is 1. The van der Waals surface area contributed by atoms with Gasteiger partial charge in [-0.3, -0.25) is 10.1 Å². The van der Waals surface area contributed by atoms with Crippen molar-refractivity contribution < 1.29 is 14.6 Å². The van der Waals surface area contributed by atoms with Crippen LogP contribution in [0.4, 0.5) is 5.69 Å². The highest BCUT2D eigenvalue weighted by Crippen LogP contribution is 2.22. The fraction of sp³-hybridized carbons (Fsp3) is 0.0476. The van der Waals surface area contributed by atoms with Gasteiger partial charge in [0.15, 0.2) is 11.5 Å². The number of carbonyl (C=O) groups excluding carboxylic acids is 1. The van der Waals surface area contributed by atoms with E-state index in [-0.39, 0.29) is 17.1 Å². The Kier molecular flexibility index (Phi) is 5.10. The number of rotatable bonds is 5. The molecule has 0 spiro atoms. The Morgan fingerprint density at radius 2 is 1.84 bits per heavy atom. The summed E-state index contributed by atoms with van der Waals surface area (Å²) in [6.07, 6.45) is 2.93. The summed E-state index contributed by atoms with van der Waals surface area (Å²) < 4.78 is 1.55. The number of benzene rings is 2. The molecule has 10 nitrogen and oxygen atoms in total. The van der Waals surface area contributed by atoms with Gasteiger partial charge in [0, 0.05) is 29.5 Å². The molecule has 0 amide bonds. The summed E-state index contributed by atoms with van der Waals surface area (Å²) in [6.45, 7) is 2.00. The van der Waals surface area contributed by atoms with E-state index in [9.17, 15) is 14.9 Å². The third-order valence-electron chi connectivity index (χ3n) is 4.57. The second-order valence-corrected chi connectivity index (χ2v) is 6.65. The molecule has 0 bridgehead atoms.